The molecule has 1 N–H and O–H groups in total. The van der Waals surface area contributed by atoms with Crippen molar-refractivity contribution in [3.05, 3.63) is 65.0 Å². The summed E-state index contributed by atoms with van der Waals surface area (Å²) in [5, 5.41) is 14.2. The largest absolute Gasteiger partial charge is 0.379 e. The van der Waals surface area contributed by atoms with Gasteiger partial charge in [0.1, 0.15) is 11.4 Å². The number of nitrogens with zero attached hydrogens (tertiary/aromatic N) is 1. The molecule has 0 aliphatic carbocycles. The zero-order valence-electron chi connectivity index (χ0n) is 11.0. The van der Waals surface area contributed by atoms with Crippen LogP contribution in [0.5, 0.6) is 0 Å². The summed E-state index contributed by atoms with van der Waals surface area (Å²) in [5.41, 5.74) is 0.104. The van der Waals surface area contributed by atoms with Crippen LogP contribution in [-0.2, 0) is 5.60 Å². The van der Waals surface area contributed by atoms with Crippen LogP contribution in [0, 0.1) is 5.82 Å². The predicted molar refractivity (Wildman–Crippen MR) is 79.3 cm³/mol. The van der Waals surface area contributed by atoms with E-state index in [1.807, 2.05) is 36.6 Å². The minimum atomic E-state index is -1.20. The van der Waals surface area contributed by atoms with Crippen LogP contribution in [0.1, 0.15) is 24.6 Å². The van der Waals surface area contributed by atoms with Gasteiger partial charge in [-0.15, -0.1) is 11.3 Å². The molecule has 2 aromatic heterocycles. The van der Waals surface area contributed by atoms with Crippen molar-refractivity contribution in [2.45, 2.75) is 18.9 Å². The van der Waals surface area contributed by atoms with E-state index in [4.69, 9.17) is 0 Å². The molecule has 1 aromatic carbocycles. The molecule has 0 aliphatic rings. The summed E-state index contributed by atoms with van der Waals surface area (Å²) >= 11 is 1.59. The monoisotopic (exact) mass is 287 g/mol. The molecule has 0 amide bonds. The third-order valence-corrected chi connectivity index (χ3v) is 4.55. The smallest absolute Gasteiger partial charge is 0.141 e. The van der Waals surface area contributed by atoms with Gasteiger partial charge in [-0.2, -0.15) is 0 Å². The first kappa shape index (κ1) is 13.2. The molecule has 0 spiro atoms. The van der Waals surface area contributed by atoms with Crippen molar-refractivity contribution in [2.75, 3.05) is 0 Å². The maximum Gasteiger partial charge on any atom is 0.141 e. The molecule has 20 heavy (non-hydrogen) atoms. The Kier molecular flexibility index (Phi) is 3.28. The Balaban J connectivity index is 2.22. The molecule has 0 saturated heterocycles. The van der Waals surface area contributed by atoms with Gasteiger partial charge in [-0.25, -0.2) is 4.39 Å². The molecule has 2 heterocycles. The van der Waals surface area contributed by atoms with Crippen molar-refractivity contribution in [1.29, 1.82) is 0 Å². The highest BCUT2D eigenvalue weighted by Gasteiger charge is 2.33. The van der Waals surface area contributed by atoms with Crippen molar-refractivity contribution in [1.82, 2.24) is 4.98 Å². The standard InChI is InChI=1S/C16H14FNOS/c1-2-16(19,14-7-6-12(17)10-18-14)13-5-3-4-11-8-9-20-15(11)13/h3-10,19H,2H2,1H3. The van der Waals surface area contributed by atoms with Gasteiger partial charge in [-0.1, -0.05) is 25.1 Å². The highest BCUT2D eigenvalue weighted by molar-refractivity contribution is 7.17. The Morgan fingerprint density at radius 3 is 2.80 bits per heavy atom. The fourth-order valence-electron chi connectivity index (χ4n) is 2.45. The number of rotatable bonds is 3. The summed E-state index contributed by atoms with van der Waals surface area (Å²) in [5.74, 6) is -0.401. The fraction of sp³-hybridized carbons (Fsp3) is 0.188. The van der Waals surface area contributed by atoms with Gasteiger partial charge in [0.25, 0.3) is 0 Å². The zero-order chi connectivity index (χ0) is 14.2. The molecule has 0 bridgehead atoms. The van der Waals surface area contributed by atoms with E-state index in [-0.39, 0.29) is 0 Å². The highest BCUT2D eigenvalue weighted by Crippen LogP contribution is 2.38. The average molecular weight is 287 g/mol. The van der Waals surface area contributed by atoms with E-state index >= 15 is 0 Å². The first-order valence-corrected chi connectivity index (χ1v) is 7.34. The summed E-state index contributed by atoms with van der Waals surface area (Å²) in [6, 6.07) is 10.8. The number of pyridine rings is 1. The molecule has 3 rings (SSSR count). The van der Waals surface area contributed by atoms with Crippen LogP contribution >= 0.6 is 11.3 Å². The van der Waals surface area contributed by atoms with Gasteiger partial charge in [-0.05, 0) is 35.4 Å². The Bertz CT molecular complexity index is 738. The third-order valence-electron chi connectivity index (χ3n) is 3.59. The van der Waals surface area contributed by atoms with Crippen molar-refractivity contribution < 1.29 is 9.50 Å². The van der Waals surface area contributed by atoms with Gasteiger partial charge < -0.3 is 5.11 Å². The lowest BCUT2D eigenvalue weighted by atomic mass is 9.87. The molecule has 3 aromatic rings. The summed E-state index contributed by atoms with van der Waals surface area (Å²) in [6.45, 7) is 1.90. The Hall–Kier alpha value is -1.78. The first-order valence-electron chi connectivity index (χ1n) is 6.46. The first-order chi connectivity index (χ1) is 9.65. The van der Waals surface area contributed by atoms with E-state index in [0.717, 1.165) is 21.8 Å². The molecule has 0 fully saturated rings. The molecular weight excluding hydrogens is 273 g/mol. The number of aliphatic hydroxyl groups is 1. The van der Waals surface area contributed by atoms with Gasteiger partial charge in [0.2, 0.25) is 0 Å². The fourth-order valence-corrected chi connectivity index (χ4v) is 3.44. The van der Waals surface area contributed by atoms with E-state index in [9.17, 15) is 9.50 Å². The van der Waals surface area contributed by atoms with Gasteiger partial charge >= 0.3 is 0 Å². The molecule has 0 aliphatic heterocycles. The van der Waals surface area contributed by atoms with Crippen LogP contribution < -0.4 is 0 Å². The number of fused-ring (bicyclic) bond motifs is 1. The van der Waals surface area contributed by atoms with Crippen molar-refractivity contribution in [3.8, 4) is 0 Å². The van der Waals surface area contributed by atoms with Crippen molar-refractivity contribution in [2.24, 2.45) is 0 Å². The summed E-state index contributed by atoms with van der Waals surface area (Å²) in [6.07, 6.45) is 1.62. The second-order valence-corrected chi connectivity index (χ2v) is 5.64. The maximum atomic E-state index is 13.0. The summed E-state index contributed by atoms with van der Waals surface area (Å²) < 4.78 is 14.1. The summed E-state index contributed by atoms with van der Waals surface area (Å²) in [4.78, 5) is 4.07. The third kappa shape index (κ3) is 2.01. The SMILES string of the molecule is CCC(O)(c1ccc(F)cn1)c1cccc2ccsc12. The molecule has 1 atom stereocenters. The zero-order valence-corrected chi connectivity index (χ0v) is 11.8. The number of halogens is 1. The van der Waals surface area contributed by atoms with E-state index < -0.39 is 11.4 Å². The topological polar surface area (TPSA) is 33.1 Å². The minimum Gasteiger partial charge on any atom is -0.379 e. The van der Waals surface area contributed by atoms with E-state index in [1.54, 1.807) is 17.4 Å². The number of benzene rings is 1. The van der Waals surface area contributed by atoms with Gasteiger partial charge in [0, 0.05) is 10.3 Å². The average Bonchev–Trinajstić information content (AvgIpc) is 2.95. The normalized spacial score (nSPS) is 14.3. The number of hydrogen-bond acceptors (Lipinski definition) is 3. The van der Waals surface area contributed by atoms with Gasteiger partial charge in [0.05, 0.1) is 11.9 Å². The lowest BCUT2D eigenvalue weighted by Gasteiger charge is -2.27. The van der Waals surface area contributed by atoms with Crippen molar-refractivity contribution in [3.63, 3.8) is 0 Å². The molecule has 0 saturated carbocycles. The second kappa shape index (κ2) is 4.96. The molecular formula is C16H14FNOS. The Morgan fingerprint density at radius 2 is 2.10 bits per heavy atom. The molecule has 0 radical (unpaired) electrons. The minimum absolute atomic E-state index is 0.401. The van der Waals surface area contributed by atoms with Crippen LogP contribution in [-0.4, -0.2) is 10.1 Å². The van der Waals surface area contributed by atoms with Crippen LogP contribution in [0.4, 0.5) is 4.39 Å². The van der Waals surface area contributed by atoms with Crippen molar-refractivity contribution >= 4 is 21.4 Å². The van der Waals surface area contributed by atoms with Gasteiger partial charge in [0.15, 0.2) is 0 Å². The lowest BCUT2D eigenvalue weighted by molar-refractivity contribution is 0.0735. The predicted octanol–water partition coefficient (Wildman–Crippen LogP) is 4.08. The Morgan fingerprint density at radius 1 is 1.25 bits per heavy atom. The van der Waals surface area contributed by atoms with Crippen LogP contribution in [0.25, 0.3) is 10.1 Å². The van der Waals surface area contributed by atoms with Crippen LogP contribution in [0.3, 0.4) is 0 Å². The van der Waals surface area contributed by atoms with E-state index in [0.29, 0.717) is 12.1 Å². The molecule has 4 heteroatoms. The molecule has 1 unspecified atom stereocenters. The molecule has 2 nitrogen and oxygen atoms in total. The number of hydrogen-bond donors (Lipinski definition) is 1. The van der Waals surface area contributed by atoms with E-state index in [1.165, 1.54) is 6.07 Å². The number of thiophene rings is 1. The van der Waals surface area contributed by atoms with Crippen LogP contribution in [0.15, 0.2) is 48.0 Å². The quantitative estimate of drug-likeness (QED) is 0.787. The van der Waals surface area contributed by atoms with E-state index in [2.05, 4.69) is 4.98 Å². The Labute approximate surface area is 120 Å². The van der Waals surface area contributed by atoms with Gasteiger partial charge in [-0.3, -0.25) is 4.98 Å². The summed E-state index contributed by atoms with van der Waals surface area (Å²) in [7, 11) is 0. The lowest BCUT2D eigenvalue weighted by Crippen LogP contribution is -2.27. The van der Waals surface area contributed by atoms with Crippen LogP contribution in [0.2, 0.25) is 0 Å². The maximum absolute atomic E-state index is 13.0. The highest BCUT2D eigenvalue weighted by atomic mass is 32.1. The molecule has 102 valence electrons. The number of aromatic nitrogens is 1. The second-order valence-electron chi connectivity index (χ2n) is 4.72.